The summed E-state index contributed by atoms with van der Waals surface area (Å²) in [6.07, 6.45) is 10.9. The number of ether oxygens (including phenoxy) is 1. The summed E-state index contributed by atoms with van der Waals surface area (Å²) >= 11 is 3.95. The van der Waals surface area contributed by atoms with Crippen LogP contribution in [0.2, 0.25) is 0 Å². The lowest BCUT2D eigenvalue weighted by Crippen LogP contribution is -2.09. The smallest absolute Gasteiger partial charge is 0.128 e. The molecule has 0 aliphatic heterocycles. The van der Waals surface area contributed by atoms with Gasteiger partial charge in [0.25, 0.3) is 0 Å². The molecule has 2 saturated carbocycles. The zero-order valence-corrected chi connectivity index (χ0v) is 21.4. The molecule has 1 nitrogen and oxygen atoms in total. The topological polar surface area (TPSA) is 9.23 Å². The fourth-order valence-corrected chi connectivity index (χ4v) is 8.34. The van der Waals surface area contributed by atoms with Crippen LogP contribution in [0.3, 0.4) is 0 Å². The Bertz CT molecular complexity index is 1150. The van der Waals surface area contributed by atoms with Gasteiger partial charge in [0.2, 0.25) is 0 Å². The van der Waals surface area contributed by atoms with Crippen LogP contribution >= 0.6 is 22.7 Å². The lowest BCUT2D eigenvalue weighted by molar-refractivity contribution is 0.350. The van der Waals surface area contributed by atoms with Gasteiger partial charge in [-0.1, -0.05) is 39.5 Å². The third-order valence-electron chi connectivity index (χ3n) is 8.09. The SMILES string of the molecule is CC1CCC(c2cc3ccc(Oc4ccc5cc(C6CCC(C)CC6)sc5c4)cc3s2)CC1. The average Bonchev–Trinajstić information content (AvgIpc) is 3.44. The number of thiophene rings is 2. The van der Waals surface area contributed by atoms with E-state index < -0.39 is 0 Å². The molecule has 0 N–H and O–H groups in total. The standard InChI is InChI=1S/C30H34OS2/c1-19-3-7-21(8-4-19)27-15-23-11-13-25(17-29(23)32-27)31-26-14-12-24-16-28(33-30(24)18-26)22-9-5-20(2)6-10-22/h11-22H,3-10H2,1-2H3. The molecular formula is C30H34OS2. The van der Waals surface area contributed by atoms with Gasteiger partial charge in [0, 0.05) is 19.2 Å². The molecule has 4 aromatic rings. The molecule has 0 saturated heterocycles. The molecular weight excluding hydrogens is 440 g/mol. The molecule has 2 aromatic carbocycles. The number of rotatable bonds is 4. The van der Waals surface area contributed by atoms with E-state index in [2.05, 4.69) is 62.4 Å². The Kier molecular flexibility index (Phi) is 5.96. The van der Waals surface area contributed by atoms with Crippen molar-refractivity contribution in [1.29, 1.82) is 0 Å². The zero-order chi connectivity index (χ0) is 22.4. The first-order chi connectivity index (χ1) is 16.1. The molecule has 0 radical (unpaired) electrons. The van der Waals surface area contributed by atoms with E-state index in [9.17, 15) is 0 Å². The van der Waals surface area contributed by atoms with Crippen molar-refractivity contribution in [3.63, 3.8) is 0 Å². The highest BCUT2D eigenvalue weighted by Crippen LogP contribution is 2.43. The first-order valence-corrected chi connectivity index (χ1v) is 14.5. The minimum absolute atomic E-state index is 0.755. The Morgan fingerprint density at radius 1 is 0.576 bits per heavy atom. The van der Waals surface area contributed by atoms with Crippen molar-refractivity contribution in [3.05, 3.63) is 58.3 Å². The molecule has 0 amide bonds. The molecule has 33 heavy (non-hydrogen) atoms. The number of hydrogen-bond donors (Lipinski definition) is 0. The maximum absolute atomic E-state index is 6.35. The second kappa shape index (κ2) is 9.07. The molecule has 0 bridgehead atoms. The van der Waals surface area contributed by atoms with Gasteiger partial charge in [-0.3, -0.25) is 0 Å². The summed E-state index contributed by atoms with van der Waals surface area (Å²) in [5.74, 6) is 5.21. The predicted octanol–water partition coefficient (Wildman–Crippen LogP) is 10.5. The minimum Gasteiger partial charge on any atom is -0.457 e. The van der Waals surface area contributed by atoms with Crippen LogP contribution in [0.4, 0.5) is 0 Å². The van der Waals surface area contributed by atoms with Crippen LogP contribution in [-0.2, 0) is 0 Å². The average molecular weight is 475 g/mol. The van der Waals surface area contributed by atoms with Gasteiger partial charge in [-0.25, -0.2) is 0 Å². The summed E-state index contributed by atoms with van der Waals surface area (Å²) in [5, 5.41) is 2.72. The van der Waals surface area contributed by atoms with Crippen molar-refractivity contribution in [1.82, 2.24) is 0 Å². The van der Waals surface area contributed by atoms with E-state index in [1.807, 2.05) is 22.7 Å². The van der Waals surface area contributed by atoms with Gasteiger partial charge in [-0.05, 0) is 109 Å². The fourth-order valence-electron chi connectivity index (χ4n) is 5.82. The Morgan fingerprint density at radius 3 is 1.42 bits per heavy atom. The summed E-state index contributed by atoms with van der Waals surface area (Å²) in [7, 11) is 0. The maximum atomic E-state index is 6.35. The fraction of sp³-hybridized carbons (Fsp3) is 0.467. The first kappa shape index (κ1) is 21.7. The van der Waals surface area contributed by atoms with E-state index >= 15 is 0 Å². The van der Waals surface area contributed by atoms with E-state index in [0.29, 0.717) is 0 Å². The maximum Gasteiger partial charge on any atom is 0.128 e. The molecule has 2 aliphatic carbocycles. The molecule has 2 aliphatic rings. The second-order valence-corrected chi connectivity index (χ2v) is 12.9. The normalized spacial score (nSPS) is 26.1. The Labute approximate surface area is 205 Å². The summed E-state index contributed by atoms with van der Waals surface area (Å²) in [4.78, 5) is 3.14. The van der Waals surface area contributed by atoms with Gasteiger partial charge in [-0.2, -0.15) is 0 Å². The highest BCUT2D eigenvalue weighted by molar-refractivity contribution is 7.19. The highest BCUT2D eigenvalue weighted by Gasteiger charge is 2.22. The minimum atomic E-state index is 0.755. The van der Waals surface area contributed by atoms with Crippen molar-refractivity contribution in [2.24, 2.45) is 11.8 Å². The Hall–Kier alpha value is -1.84. The van der Waals surface area contributed by atoms with Crippen LogP contribution in [0, 0.1) is 11.8 Å². The summed E-state index contributed by atoms with van der Waals surface area (Å²) in [6.45, 7) is 4.80. The van der Waals surface area contributed by atoms with E-state index in [0.717, 1.165) is 35.2 Å². The molecule has 2 aromatic heterocycles. The van der Waals surface area contributed by atoms with E-state index in [-0.39, 0.29) is 0 Å². The number of fused-ring (bicyclic) bond motifs is 2. The highest BCUT2D eigenvalue weighted by atomic mass is 32.1. The number of hydrogen-bond acceptors (Lipinski definition) is 3. The second-order valence-electron chi connectivity index (χ2n) is 10.7. The quantitative estimate of drug-likeness (QED) is 0.286. The van der Waals surface area contributed by atoms with E-state index in [1.54, 1.807) is 9.75 Å². The monoisotopic (exact) mass is 474 g/mol. The summed E-state index contributed by atoms with van der Waals surface area (Å²) in [5.41, 5.74) is 0. The predicted molar refractivity (Wildman–Crippen MR) is 144 cm³/mol. The van der Waals surface area contributed by atoms with Crippen molar-refractivity contribution in [3.8, 4) is 11.5 Å². The van der Waals surface area contributed by atoms with Crippen molar-refractivity contribution in [2.45, 2.75) is 77.0 Å². The third kappa shape index (κ3) is 4.59. The van der Waals surface area contributed by atoms with Gasteiger partial charge < -0.3 is 4.74 Å². The molecule has 3 heteroatoms. The van der Waals surface area contributed by atoms with Crippen LogP contribution in [0.25, 0.3) is 20.2 Å². The first-order valence-electron chi connectivity index (χ1n) is 12.9. The molecule has 0 spiro atoms. The summed E-state index contributed by atoms with van der Waals surface area (Å²) < 4.78 is 9.05. The number of benzene rings is 2. The summed E-state index contributed by atoms with van der Waals surface area (Å²) in [6, 6.07) is 18.1. The molecule has 0 unspecified atom stereocenters. The van der Waals surface area contributed by atoms with Crippen molar-refractivity contribution >= 4 is 42.8 Å². The molecule has 0 atom stereocenters. The Balaban J connectivity index is 1.20. The van der Waals surface area contributed by atoms with Gasteiger partial charge in [0.15, 0.2) is 0 Å². The van der Waals surface area contributed by atoms with Crippen LogP contribution in [-0.4, -0.2) is 0 Å². The third-order valence-corrected chi connectivity index (χ3v) is 10.6. The van der Waals surface area contributed by atoms with Crippen LogP contribution in [0.1, 0.15) is 86.8 Å². The van der Waals surface area contributed by atoms with Gasteiger partial charge in [0.1, 0.15) is 11.5 Å². The lowest BCUT2D eigenvalue weighted by Gasteiger charge is -2.25. The molecule has 2 fully saturated rings. The zero-order valence-electron chi connectivity index (χ0n) is 19.8. The van der Waals surface area contributed by atoms with Crippen LogP contribution < -0.4 is 4.74 Å². The van der Waals surface area contributed by atoms with Crippen molar-refractivity contribution < 1.29 is 4.74 Å². The van der Waals surface area contributed by atoms with Crippen molar-refractivity contribution in [2.75, 3.05) is 0 Å². The Morgan fingerprint density at radius 2 is 1.00 bits per heavy atom. The van der Waals surface area contributed by atoms with Gasteiger partial charge >= 0.3 is 0 Å². The van der Waals surface area contributed by atoms with Gasteiger partial charge in [-0.15, -0.1) is 22.7 Å². The molecule has 172 valence electrons. The van der Waals surface area contributed by atoms with E-state index in [4.69, 9.17) is 4.74 Å². The molecule has 6 rings (SSSR count). The largest absolute Gasteiger partial charge is 0.457 e. The lowest BCUT2D eigenvalue weighted by atomic mass is 9.82. The van der Waals surface area contributed by atoms with E-state index in [1.165, 1.54) is 71.5 Å². The van der Waals surface area contributed by atoms with Crippen LogP contribution in [0.5, 0.6) is 11.5 Å². The van der Waals surface area contributed by atoms with Crippen LogP contribution in [0.15, 0.2) is 48.5 Å². The molecule has 2 heterocycles. The van der Waals surface area contributed by atoms with Gasteiger partial charge in [0.05, 0.1) is 0 Å².